The van der Waals surface area contributed by atoms with Crippen LogP contribution in [0.5, 0.6) is 0 Å². The SMILES string of the molecule is Cc1nn(C)cc1NC(C)c1ccc(Br)cc1. The smallest absolute Gasteiger partial charge is 0.0825 e. The van der Waals surface area contributed by atoms with Crippen LogP contribution >= 0.6 is 15.9 Å². The maximum atomic E-state index is 4.32. The van der Waals surface area contributed by atoms with Crippen LogP contribution in [0.25, 0.3) is 0 Å². The van der Waals surface area contributed by atoms with Crippen molar-refractivity contribution < 1.29 is 0 Å². The molecular formula is C13H16BrN3. The summed E-state index contributed by atoms with van der Waals surface area (Å²) in [6.45, 7) is 4.16. The van der Waals surface area contributed by atoms with Crippen molar-refractivity contribution in [1.82, 2.24) is 9.78 Å². The molecule has 2 rings (SSSR count). The first-order chi connectivity index (χ1) is 8.06. The Balaban J connectivity index is 2.13. The van der Waals surface area contributed by atoms with Crippen molar-refractivity contribution in [2.45, 2.75) is 19.9 Å². The fourth-order valence-corrected chi connectivity index (χ4v) is 2.07. The van der Waals surface area contributed by atoms with Gasteiger partial charge in [-0.15, -0.1) is 0 Å². The zero-order chi connectivity index (χ0) is 12.4. The van der Waals surface area contributed by atoms with Crippen molar-refractivity contribution in [3.8, 4) is 0 Å². The standard InChI is InChI=1S/C13H16BrN3/c1-9(11-4-6-12(14)7-5-11)15-13-8-17(3)16-10(13)2/h4-9,15H,1-3H3. The van der Waals surface area contributed by atoms with Crippen LogP contribution in [0.4, 0.5) is 5.69 Å². The quantitative estimate of drug-likeness (QED) is 0.936. The first-order valence-electron chi connectivity index (χ1n) is 5.58. The second-order valence-corrected chi connectivity index (χ2v) is 5.14. The van der Waals surface area contributed by atoms with E-state index in [0.29, 0.717) is 0 Å². The van der Waals surface area contributed by atoms with Gasteiger partial charge in [0.15, 0.2) is 0 Å². The molecule has 1 aromatic heterocycles. The zero-order valence-corrected chi connectivity index (χ0v) is 11.8. The second kappa shape index (κ2) is 4.92. The van der Waals surface area contributed by atoms with Gasteiger partial charge in [-0.25, -0.2) is 0 Å². The largest absolute Gasteiger partial charge is 0.376 e. The Bertz CT molecular complexity index is 502. The molecule has 1 atom stereocenters. The van der Waals surface area contributed by atoms with Crippen LogP contribution in [0.2, 0.25) is 0 Å². The highest BCUT2D eigenvalue weighted by Crippen LogP contribution is 2.22. The number of aryl methyl sites for hydroxylation is 2. The predicted octanol–water partition coefficient (Wildman–Crippen LogP) is 3.66. The highest BCUT2D eigenvalue weighted by atomic mass is 79.9. The Hall–Kier alpha value is -1.29. The Morgan fingerprint density at radius 3 is 2.47 bits per heavy atom. The van der Waals surface area contributed by atoms with Crippen molar-refractivity contribution in [3.63, 3.8) is 0 Å². The summed E-state index contributed by atoms with van der Waals surface area (Å²) in [7, 11) is 1.93. The molecule has 1 heterocycles. The molecule has 0 bridgehead atoms. The summed E-state index contributed by atoms with van der Waals surface area (Å²) < 4.78 is 2.93. The maximum absolute atomic E-state index is 4.32. The van der Waals surface area contributed by atoms with Gasteiger partial charge in [0.05, 0.1) is 11.4 Å². The summed E-state index contributed by atoms with van der Waals surface area (Å²) in [4.78, 5) is 0. The van der Waals surface area contributed by atoms with Gasteiger partial charge >= 0.3 is 0 Å². The van der Waals surface area contributed by atoms with E-state index in [1.54, 1.807) is 0 Å². The molecule has 4 heteroatoms. The lowest BCUT2D eigenvalue weighted by molar-refractivity contribution is 0.756. The Morgan fingerprint density at radius 2 is 1.94 bits per heavy atom. The Morgan fingerprint density at radius 1 is 1.29 bits per heavy atom. The molecule has 0 saturated heterocycles. The average molecular weight is 294 g/mol. The summed E-state index contributed by atoms with van der Waals surface area (Å²) in [5.41, 5.74) is 3.37. The number of halogens is 1. The number of aromatic nitrogens is 2. The van der Waals surface area contributed by atoms with Crippen molar-refractivity contribution >= 4 is 21.6 Å². The molecule has 0 aliphatic heterocycles. The Kier molecular flexibility index (Phi) is 3.52. The molecule has 3 nitrogen and oxygen atoms in total. The van der Waals surface area contributed by atoms with Gasteiger partial charge in [0.25, 0.3) is 0 Å². The number of benzene rings is 1. The van der Waals surface area contributed by atoms with E-state index >= 15 is 0 Å². The molecule has 0 amide bonds. The predicted molar refractivity (Wildman–Crippen MR) is 74.1 cm³/mol. The lowest BCUT2D eigenvalue weighted by Crippen LogP contribution is -2.06. The number of hydrogen-bond acceptors (Lipinski definition) is 2. The minimum absolute atomic E-state index is 0.269. The van der Waals surface area contributed by atoms with Gasteiger partial charge in [-0.1, -0.05) is 28.1 Å². The van der Waals surface area contributed by atoms with E-state index < -0.39 is 0 Å². The van der Waals surface area contributed by atoms with Crippen LogP contribution in [-0.4, -0.2) is 9.78 Å². The van der Waals surface area contributed by atoms with Gasteiger partial charge in [0.1, 0.15) is 0 Å². The first kappa shape index (κ1) is 12.2. The van der Waals surface area contributed by atoms with Crippen molar-refractivity contribution in [2.75, 3.05) is 5.32 Å². The second-order valence-electron chi connectivity index (χ2n) is 4.22. The van der Waals surface area contributed by atoms with Crippen LogP contribution in [0.3, 0.4) is 0 Å². The van der Waals surface area contributed by atoms with E-state index in [-0.39, 0.29) is 6.04 Å². The van der Waals surface area contributed by atoms with E-state index in [9.17, 15) is 0 Å². The number of rotatable bonds is 3. The molecule has 90 valence electrons. The van der Waals surface area contributed by atoms with Crippen LogP contribution in [-0.2, 0) is 7.05 Å². The number of nitrogens with one attached hydrogen (secondary N) is 1. The monoisotopic (exact) mass is 293 g/mol. The van der Waals surface area contributed by atoms with Crippen LogP contribution in [0.1, 0.15) is 24.2 Å². The first-order valence-corrected chi connectivity index (χ1v) is 6.38. The van der Waals surface area contributed by atoms with E-state index in [1.165, 1.54) is 5.56 Å². The topological polar surface area (TPSA) is 29.9 Å². The molecule has 1 N–H and O–H groups in total. The van der Waals surface area contributed by atoms with Gasteiger partial charge in [-0.3, -0.25) is 4.68 Å². The minimum atomic E-state index is 0.269. The summed E-state index contributed by atoms with van der Waals surface area (Å²) in [6, 6.07) is 8.62. The highest BCUT2D eigenvalue weighted by molar-refractivity contribution is 9.10. The number of hydrogen-bond donors (Lipinski definition) is 1. The van der Waals surface area contributed by atoms with Crippen LogP contribution < -0.4 is 5.32 Å². The average Bonchev–Trinajstić information content (AvgIpc) is 2.58. The van der Waals surface area contributed by atoms with Gasteiger partial charge in [-0.05, 0) is 31.5 Å². The highest BCUT2D eigenvalue weighted by Gasteiger charge is 2.08. The third-order valence-electron chi connectivity index (χ3n) is 2.76. The molecule has 0 fully saturated rings. The van der Waals surface area contributed by atoms with Crippen molar-refractivity contribution in [1.29, 1.82) is 0 Å². The van der Waals surface area contributed by atoms with Crippen LogP contribution in [0.15, 0.2) is 34.9 Å². The van der Waals surface area contributed by atoms with Gasteiger partial charge in [0.2, 0.25) is 0 Å². The normalized spacial score (nSPS) is 12.5. The zero-order valence-electron chi connectivity index (χ0n) is 10.2. The van der Waals surface area contributed by atoms with E-state index in [4.69, 9.17) is 0 Å². The summed E-state index contributed by atoms with van der Waals surface area (Å²) in [6.07, 6.45) is 2.00. The summed E-state index contributed by atoms with van der Waals surface area (Å²) in [5, 5.41) is 7.79. The molecule has 0 radical (unpaired) electrons. The third kappa shape index (κ3) is 2.88. The van der Waals surface area contributed by atoms with Crippen LogP contribution in [0, 0.1) is 6.92 Å². The molecular weight excluding hydrogens is 278 g/mol. The maximum Gasteiger partial charge on any atom is 0.0825 e. The fourth-order valence-electron chi connectivity index (χ4n) is 1.81. The molecule has 0 aliphatic rings. The molecule has 0 aliphatic carbocycles. The molecule has 0 spiro atoms. The van der Waals surface area contributed by atoms with Gasteiger partial charge in [0, 0.05) is 23.8 Å². The number of anilines is 1. The van der Waals surface area contributed by atoms with Gasteiger partial charge < -0.3 is 5.32 Å². The molecule has 0 saturated carbocycles. The van der Waals surface area contributed by atoms with Crippen molar-refractivity contribution in [3.05, 3.63) is 46.2 Å². The van der Waals surface area contributed by atoms with Crippen molar-refractivity contribution in [2.24, 2.45) is 7.05 Å². The fraction of sp³-hybridized carbons (Fsp3) is 0.308. The lowest BCUT2D eigenvalue weighted by atomic mass is 10.1. The molecule has 2 aromatic rings. The van der Waals surface area contributed by atoms with E-state index in [0.717, 1.165) is 15.9 Å². The number of nitrogens with zero attached hydrogens (tertiary/aromatic N) is 2. The summed E-state index contributed by atoms with van der Waals surface area (Å²) >= 11 is 3.44. The third-order valence-corrected chi connectivity index (χ3v) is 3.28. The molecule has 1 unspecified atom stereocenters. The molecule has 1 aromatic carbocycles. The summed E-state index contributed by atoms with van der Waals surface area (Å²) in [5.74, 6) is 0. The Labute approximate surface area is 110 Å². The van der Waals surface area contributed by atoms with E-state index in [2.05, 4.69) is 57.5 Å². The van der Waals surface area contributed by atoms with E-state index in [1.807, 2.05) is 24.9 Å². The van der Waals surface area contributed by atoms with Gasteiger partial charge in [-0.2, -0.15) is 5.10 Å². The minimum Gasteiger partial charge on any atom is -0.376 e. The lowest BCUT2D eigenvalue weighted by Gasteiger charge is -2.14. The molecule has 17 heavy (non-hydrogen) atoms.